The van der Waals surface area contributed by atoms with Gasteiger partial charge in [0.1, 0.15) is 4.90 Å². The fraction of sp³-hybridized carbons (Fsp3) is 0.600. The topological polar surface area (TPSA) is 84.0 Å². The predicted molar refractivity (Wildman–Crippen MR) is 74.4 cm³/mol. The monoisotopic (exact) mass is 290 g/mol. The molecule has 0 aliphatic carbocycles. The lowest BCUT2D eigenvalue weighted by molar-refractivity contribution is 0.580. The first-order valence-corrected chi connectivity index (χ1v) is 8.31. The highest BCUT2D eigenvalue weighted by Crippen LogP contribution is 2.07. The van der Waals surface area contributed by atoms with Gasteiger partial charge in [0.25, 0.3) is 0 Å². The minimum Gasteiger partial charge on any atom is -0.357 e. The zero-order chi connectivity index (χ0) is 13.4. The maximum absolute atomic E-state index is 11.8. The van der Waals surface area contributed by atoms with E-state index in [1.54, 1.807) is 18.8 Å². The van der Waals surface area contributed by atoms with Crippen LogP contribution in [0.3, 0.4) is 0 Å². The lowest BCUT2D eigenvalue weighted by Crippen LogP contribution is -2.25. The van der Waals surface area contributed by atoms with Crippen molar-refractivity contribution in [3.05, 3.63) is 12.4 Å². The van der Waals surface area contributed by atoms with Gasteiger partial charge in [0, 0.05) is 13.6 Å². The first-order valence-electron chi connectivity index (χ1n) is 5.67. The van der Waals surface area contributed by atoms with Crippen molar-refractivity contribution in [2.75, 3.05) is 30.4 Å². The molecular weight excluding hydrogens is 272 g/mol. The second-order valence-corrected chi connectivity index (χ2v) is 6.60. The van der Waals surface area contributed by atoms with Crippen LogP contribution in [0.5, 0.6) is 0 Å². The second-order valence-electron chi connectivity index (χ2n) is 3.44. The van der Waals surface area contributed by atoms with Gasteiger partial charge in [-0.15, -0.1) is 0 Å². The third kappa shape index (κ3) is 4.79. The van der Waals surface area contributed by atoms with Crippen molar-refractivity contribution in [1.82, 2.24) is 14.7 Å². The van der Waals surface area contributed by atoms with Crippen LogP contribution >= 0.6 is 11.8 Å². The van der Waals surface area contributed by atoms with Crippen LogP contribution in [-0.2, 0) is 10.0 Å². The molecule has 0 aliphatic heterocycles. The largest absolute Gasteiger partial charge is 0.357 e. The van der Waals surface area contributed by atoms with Crippen LogP contribution in [0.25, 0.3) is 0 Å². The smallest absolute Gasteiger partial charge is 0.243 e. The van der Waals surface area contributed by atoms with Crippen LogP contribution in [0.2, 0.25) is 0 Å². The molecule has 8 heteroatoms. The number of anilines is 1. The van der Waals surface area contributed by atoms with Crippen molar-refractivity contribution in [2.45, 2.75) is 18.2 Å². The summed E-state index contributed by atoms with van der Waals surface area (Å²) in [4.78, 5) is 7.84. The highest BCUT2D eigenvalue weighted by atomic mass is 32.2. The number of hydrogen-bond donors (Lipinski definition) is 2. The first kappa shape index (κ1) is 15.2. The van der Waals surface area contributed by atoms with Gasteiger partial charge in [0.15, 0.2) is 0 Å². The Labute approximate surface area is 112 Å². The van der Waals surface area contributed by atoms with E-state index in [0.29, 0.717) is 12.5 Å². The van der Waals surface area contributed by atoms with Crippen molar-refractivity contribution in [3.63, 3.8) is 0 Å². The fourth-order valence-electron chi connectivity index (χ4n) is 1.19. The van der Waals surface area contributed by atoms with E-state index in [9.17, 15) is 8.42 Å². The molecule has 0 atom stereocenters. The van der Waals surface area contributed by atoms with Gasteiger partial charge in [-0.05, 0) is 17.9 Å². The van der Waals surface area contributed by atoms with Crippen molar-refractivity contribution in [1.29, 1.82) is 0 Å². The summed E-state index contributed by atoms with van der Waals surface area (Å²) < 4.78 is 26.2. The molecule has 0 saturated carbocycles. The Morgan fingerprint density at radius 1 is 1.33 bits per heavy atom. The van der Waals surface area contributed by atoms with E-state index in [2.05, 4.69) is 26.9 Å². The Balaban J connectivity index is 2.51. The number of sulfonamides is 1. The lowest BCUT2D eigenvalue weighted by Gasteiger charge is -2.06. The van der Waals surface area contributed by atoms with E-state index >= 15 is 0 Å². The van der Waals surface area contributed by atoms with Gasteiger partial charge < -0.3 is 5.32 Å². The average Bonchev–Trinajstić information content (AvgIpc) is 2.38. The van der Waals surface area contributed by atoms with Gasteiger partial charge in [-0.3, -0.25) is 0 Å². The maximum atomic E-state index is 11.8. The van der Waals surface area contributed by atoms with Crippen LogP contribution in [-0.4, -0.2) is 43.5 Å². The second kappa shape index (κ2) is 7.55. The molecule has 0 radical (unpaired) electrons. The molecule has 0 spiro atoms. The molecule has 0 aromatic carbocycles. The quantitative estimate of drug-likeness (QED) is 0.693. The number of nitrogens with one attached hydrogen (secondary N) is 2. The minimum absolute atomic E-state index is 0.0876. The Morgan fingerprint density at radius 2 is 2.00 bits per heavy atom. The molecule has 102 valence electrons. The standard InChI is InChI=1S/C10H18N4O2S2/c1-3-17-6-4-5-14-18(15,16)9-7-12-10(11-2)13-8-9/h7-8,14H,3-6H2,1-2H3,(H,11,12,13). The summed E-state index contributed by atoms with van der Waals surface area (Å²) in [7, 11) is -1.81. The molecule has 1 aromatic heterocycles. The van der Waals surface area contributed by atoms with Crippen molar-refractivity contribution in [2.24, 2.45) is 0 Å². The van der Waals surface area contributed by atoms with Crippen LogP contribution < -0.4 is 10.0 Å². The predicted octanol–water partition coefficient (Wildman–Crippen LogP) is 0.940. The SMILES string of the molecule is CCSCCCNS(=O)(=O)c1cnc(NC)nc1. The van der Waals surface area contributed by atoms with Crippen LogP contribution in [0.4, 0.5) is 5.95 Å². The van der Waals surface area contributed by atoms with E-state index < -0.39 is 10.0 Å². The average molecular weight is 290 g/mol. The van der Waals surface area contributed by atoms with E-state index in [1.807, 2.05) is 0 Å². The summed E-state index contributed by atoms with van der Waals surface area (Å²) in [5.41, 5.74) is 0. The van der Waals surface area contributed by atoms with Crippen LogP contribution in [0.15, 0.2) is 17.3 Å². The summed E-state index contributed by atoms with van der Waals surface area (Å²) in [5.74, 6) is 2.40. The van der Waals surface area contributed by atoms with Gasteiger partial charge in [0.05, 0.1) is 12.4 Å². The van der Waals surface area contributed by atoms with Crippen molar-refractivity contribution >= 4 is 27.7 Å². The fourth-order valence-corrected chi connectivity index (χ4v) is 2.79. The molecule has 0 unspecified atom stereocenters. The maximum Gasteiger partial charge on any atom is 0.243 e. The normalized spacial score (nSPS) is 11.4. The Kier molecular flexibility index (Phi) is 6.37. The summed E-state index contributed by atoms with van der Waals surface area (Å²) >= 11 is 1.79. The van der Waals surface area contributed by atoms with E-state index in [-0.39, 0.29) is 4.90 Å². The molecule has 18 heavy (non-hydrogen) atoms. The summed E-state index contributed by atoms with van der Waals surface area (Å²) in [6, 6.07) is 0. The summed E-state index contributed by atoms with van der Waals surface area (Å²) in [5, 5.41) is 2.73. The Morgan fingerprint density at radius 3 is 2.56 bits per heavy atom. The Hall–Kier alpha value is -0.860. The lowest BCUT2D eigenvalue weighted by atomic mass is 10.5. The van der Waals surface area contributed by atoms with Crippen LogP contribution in [0, 0.1) is 0 Å². The molecule has 1 heterocycles. The van der Waals surface area contributed by atoms with E-state index in [1.165, 1.54) is 12.4 Å². The molecule has 1 aromatic rings. The molecular formula is C10H18N4O2S2. The molecule has 2 N–H and O–H groups in total. The van der Waals surface area contributed by atoms with E-state index in [4.69, 9.17) is 0 Å². The number of rotatable bonds is 8. The van der Waals surface area contributed by atoms with Gasteiger partial charge in [0.2, 0.25) is 16.0 Å². The first-order chi connectivity index (χ1) is 8.60. The number of aromatic nitrogens is 2. The molecule has 0 bridgehead atoms. The third-order valence-corrected chi connectivity index (χ3v) is 4.52. The molecule has 6 nitrogen and oxygen atoms in total. The Bertz CT molecular complexity index is 447. The van der Waals surface area contributed by atoms with Gasteiger partial charge >= 0.3 is 0 Å². The number of thioether (sulfide) groups is 1. The van der Waals surface area contributed by atoms with Gasteiger partial charge in [-0.1, -0.05) is 6.92 Å². The number of nitrogens with zero attached hydrogens (tertiary/aromatic N) is 2. The number of hydrogen-bond acceptors (Lipinski definition) is 6. The zero-order valence-corrected chi connectivity index (χ0v) is 12.1. The molecule has 1 rings (SSSR count). The molecule has 0 saturated heterocycles. The van der Waals surface area contributed by atoms with Crippen molar-refractivity contribution < 1.29 is 8.42 Å². The zero-order valence-electron chi connectivity index (χ0n) is 10.5. The molecule has 0 aliphatic rings. The van der Waals surface area contributed by atoms with Crippen LogP contribution in [0.1, 0.15) is 13.3 Å². The van der Waals surface area contributed by atoms with Crippen molar-refractivity contribution in [3.8, 4) is 0 Å². The van der Waals surface area contributed by atoms with Gasteiger partial charge in [-0.2, -0.15) is 11.8 Å². The molecule has 0 fully saturated rings. The summed E-state index contributed by atoms with van der Waals surface area (Å²) in [6.07, 6.45) is 3.40. The minimum atomic E-state index is -3.48. The summed E-state index contributed by atoms with van der Waals surface area (Å²) in [6.45, 7) is 2.51. The molecule has 0 amide bonds. The highest BCUT2D eigenvalue weighted by Gasteiger charge is 2.14. The third-order valence-electron chi connectivity index (χ3n) is 2.12. The van der Waals surface area contributed by atoms with E-state index in [0.717, 1.165) is 17.9 Å². The van der Waals surface area contributed by atoms with Gasteiger partial charge in [-0.25, -0.2) is 23.1 Å². The highest BCUT2D eigenvalue weighted by molar-refractivity contribution is 7.99.